The molecule has 0 aliphatic heterocycles. The third kappa shape index (κ3) is 4.31. The molecule has 0 saturated carbocycles. The topological polar surface area (TPSA) is 58.1 Å². The van der Waals surface area contributed by atoms with Crippen LogP contribution in [0.15, 0.2) is 30.5 Å². The van der Waals surface area contributed by atoms with Crippen molar-refractivity contribution in [2.24, 2.45) is 0 Å². The molecule has 1 N–H and O–H groups in total. The van der Waals surface area contributed by atoms with Gasteiger partial charge < -0.3 is 10.2 Å². The summed E-state index contributed by atoms with van der Waals surface area (Å²) in [5, 5.41) is 3.01. The quantitative estimate of drug-likeness (QED) is 0.840. The highest BCUT2D eigenvalue weighted by Crippen LogP contribution is 2.21. The molecule has 0 saturated heterocycles. The van der Waals surface area contributed by atoms with Crippen molar-refractivity contribution in [2.75, 3.05) is 23.8 Å². The van der Waals surface area contributed by atoms with Gasteiger partial charge in [-0.25, -0.2) is 9.97 Å². The molecule has 0 atom stereocenters. The molecule has 2 rings (SSSR count). The summed E-state index contributed by atoms with van der Waals surface area (Å²) >= 11 is 0. The number of aryl methyl sites for hydroxylation is 2. The van der Waals surface area contributed by atoms with Gasteiger partial charge in [0.05, 0.1) is 0 Å². The minimum atomic E-state index is -0.202. The number of hydrogen-bond acceptors (Lipinski definition) is 4. The van der Waals surface area contributed by atoms with Gasteiger partial charge in [0, 0.05) is 25.5 Å². The van der Waals surface area contributed by atoms with Crippen LogP contribution in [0.3, 0.4) is 0 Å². The van der Waals surface area contributed by atoms with Crippen LogP contribution in [-0.4, -0.2) is 29.5 Å². The van der Waals surface area contributed by atoms with Crippen molar-refractivity contribution in [1.29, 1.82) is 0 Å². The fourth-order valence-corrected chi connectivity index (χ4v) is 2.53. The van der Waals surface area contributed by atoms with E-state index in [1.165, 1.54) is 0 Å². The maximum absolute atomic E-state index is 12.6. The third-order valence-electron chi connectivity index (χ3n) is 4.04. The predicted octanol–water partition coefficient (Wildman–Crippen LogP) is 3.84. The number of unbranched alkanes of at least 4 members (excludes halogenated alkanes) is 1. The summed E-state index contributed by atoms with van der Waals surface area (Å²) in [7, 11) is 1.95. The van der Waals surface area contributed by atoms with Gasteiger partial charge in [0.1, 0.15) is 5.69 Å². The predicted molar refractivity (Wildman–Crippen MR) is 98.7 cm³/mol. The summed E-state index contributed by atoms with van der Waals surface area (Å²) in [4.78, 5) is 23.3. The molecule has 1 heterocycles. The van der Waals surface area contributed by atoms with E-state index in [4.69, 9.17) is 0 Å². The monoisotopic (exact) mass is 326 g/mol. The number of rotatable bonds is 7. The van der Waals surface area contributed by atoms with Crippen molar-refractivity contribution in [2.45, 2.75) is 40.0 Å². The van der Waals surface area contributed by atoms with Gasteiger partial charge >= 0.3 is 0 Å². The lowest BCUT2D eigenvalue weighted by molar-refractivity contribution is 0.102. The fourth-order valence-electron chi connectivity index (χ4n) is 2.53. The Bertz CT molecular complexity index is 700. The standard InChI is InChI=1S/C19H26N4O/c1-5-7-13-23(4)19-20-12-11-16(21-19)18(24)22-17-14(3)9-8-10-15(17)6-2/h8-12H,5-7,13H2,1-4H3,(H,22,24). The Labute approximate surface area is 144 Å². The Balaban J connectivity index is 2.19. The molecule has 128 valence electrons. The minimum absolute atomic E-state index is 0.202. The summed E-state index contributed by atoms with van der Waals surface area (Å²) in [6, 6.07) is 7.69. The second kappa shape index (κ2) is 8.43. The number of benzene rings is 1. The molecule has 5 heteroatoms. The number of hydrogen-bond donors (Lipinski definition) is 1. The molecule has 1 aromatic carbocycles. The van der Waals surface area contributed by atoms with Crippen molar-refractivity contribution in [1.82, 2.24) is 9.97 Å². The van der Waals surface area contributed by atoms with Crippen LogP contribution in [0, 0.1) is 6.92 Å². The Morgan fingerprint density at radius 3 is 2.75 bits per heavy atom. The molecule has 0 radical (unpaired) electrons. The van der Waals surface area contributed by atoms with Crippen molar-refractivity contribution >= 4 is 17.5 Å². The first-order valence-electron chi connectivity index (χ1n) is 8.50. The van der Waals surface area contributed by atoms with E-state index >= 15 is 0 Å². The highest BCUT2D eigenvalue weighted by molar-refractivity contribution is 6.03. The van der Waals surface area contributed by atoms with Crippen LogP contribution in [0.5, 0.6) is 0 Å². The van der Waals surface area contributed by atoms with Gasteiger partial charge in [-0.15, -0.1) is 0 Å². The molecule has 0 aliphatic rings. The molecule has 24 heavy (non-hydrogen) atoms. The number of aromatic nitrogens is 2. The highest BCUT2D eigenvalue weighted by atomic mass is 16.1. The lowest BCUT2D eigenvalue weighted by atomic mass is 10.1. The molecule has 0 aliphatic carbocycles. The van der Waals surface area contributed by atoms with E-state index < -0.39 is 0 Å². The molecule has 0 unspecified atom stereocenters. The molecule has 5 nitrogen and oxygen atoms in total. The van der Waals surface area contributed by atoms with Gasteiger partial charge in [0.15, 0.2) is 0 Å². The number of nitrogens with one attached hydrogen (secondary N) is 1. The Morgan fingerprint density at radius 1 is 1.25 bits per heavy atom. The van der Waals surface area contributed by atoms with E-state index in [0.29, 0.717) is 11.6 Å². The first kappa shape index (κ1) is 17.9. The molecular weight excluding hydrogens is 300 g/mol. The molecule has 0 bridgehead atoms. The second-order valence-corrected chi connectivity index (χ2v) is 5.93. The smallest absolute Gasteiger partial charge is 0.274 e. The second-order valence-electron chi connectivity index (χ2n) is 5.93. The SMILES string of the molecule is CCCCN(C)c1nccc(C(=O)Nc2c(C)cccc2CC)n1. The number of para-hydroxylation sites is 1. The van der Waals surface area contributed by atoms with Crippen LogP contribution in [-0.2, 0) is 6.42 Å². The van der Waals surface area contributed by atoms with Crippen molar-refractivity contribution in [3.8, 4) is 0 Å². The van der Waals surface area contributed by atoms with Gasteiger partial charge in [0.25, 0.3) is 5.91 Å². The van der Waals surface area contributed by atoms with E-state index in [0.717, 1.165) is 42.6 Å². The normalized spacial score (nSPS) is 10.5. The van der Waals surface area contributed by atoms with E-state index in [1.54, 1.807) is 12.3 Å². The third-order valence-corrected chi connectivity index (χ3v) is 4.04. The Hall–Kier alpha value is -2.43. The number of carbonyl (C=O) groups is 1. The van der Waals surface area contributed by atoms with Crippen LogP contribution in [0.4, 0.5) is 11.6 Å². The summed E-state index contributed by atoms with van der Waals surface area (Å²) in [6.45, 7) is 7.10. The van der Waals surface area contributed by atoms with Crippen LogP contribution in [0.25, 0.3) is 0 Å². The first-order chi connectivity index (χ1) is 11.6. The average molecular weight is 326 g/mol. The molecule has 1 amide bonds. The summed E-state index contributed by atoms with van der Waals surface area (Å²) in [5.41, 5.74) is 3.44. The van der Waals surface area contributed by atoms with E-state index in [2.05, 4.69) is 29.1 Å². The number of nitrogens with zero attached hydrogens (tertiary/aromatic N) is 3. The highest BCUT2D eigenvalue weighted by Gasteiger charge is 2.14. The van der Waals surface area contributed by atoms with Crippen LogP contribution >= 0.6 is 0 Å². The minimum Gasteiger partial charge on any atom is -0.344 e. The zero-order valence-corrected chi connectivity index (χ0v) is 15.0. The number of amides is 1. The molecule has 0 spiro atoms. The molecule has 1 aromatic heterocycles. The Kier molecular flexibility index (Phi) is 6.29. The maximum Gasteiger partial charge on any atom is 0.274 e. The van der Waals surface area contributed by atoms with Gasteiger partial charge in [0.2, 0.25) is 5.95 Å². The van der Waals surface area contributed by atoms with Crippen molar-refractivity contribution < 1.29 is 4.79 Å². The van der Waals surface area contributed by atoms with Gasteiger partial charge in [-0.1, -0.05) is 38.5 Å². The number of carbonyl (C=O) groups excluding carboxylic acids is 1. The molecular formula is C19H26N4O. The van der Waals surface area contributed by atoms with E-state index in [1.807, 2.05) is 37.1 Å². The first-order valence-corrected chi connectivity index (χ1v) is 8.50. The van der Waals surface area contributed by atoms with Gasteiger partial charge in [-0.05, 0) is 37.0 Å². The zero-order valence-electron chi connectivity index (χ0n) is 15.0. The lowest BCUT2D eigenvalue weighted by Crippen LogP contribution is -2.23. The van der Waals surface area contributed by atoms with Crippen LogP contribution in [0.2, 0.25) is 0 Å². The van der Waals surface area contributed by atoms with Gasteiger partial charge in [-0.2, -0.15) is 0 Å². The van der Waals surface area contributed by atoms with Crippen LogP contribution in [0.1, 0.15) is 48.3 Å². The number of anilines is 2. The molecule has 2 aromatic rings. The Morgan fingerprint density at radius 2 is 2.04 bits per heavy atom. The summed E-state index contributed by atoms with van der Waals surface area (Å²) < 4.78 is 0. The van der Waals surface area contributed by atoms with Crippen molar-refractivity contribution in [3.05, 3.63) is 47.3 Å². The largest absolute Gasteiger partial charge is 0.344 e. The lowest BCUT2D eigenvalue weighted by Gasteiger charge is -2.17. The summed E-state index contributed by atoms with van der Waals surface area (Å²) in [5.74, 6) is 0.378. The van der Waals surface area contributed by atoms with Crippen LogP contribution < -0.4 is 10.2 Å². The molecule has 0 fully saturated rings. The maximum atomic E-state index is 12.6. The van der Waals surface area contributed by atoms with Crippen molar-refractivity contribution in [3.63, 3.8) is 0 Å². The van der Waals surface area contributed by atoms with Gasteiger partial charge in [-0.3, -0.25) is 4.79 Å². The van der Waals surface area contributed by atoms with E-state index in [-0.39, 0.29) is 5.91 Å². The zero-order chi connectivity index (χ0) is 17.5. The summed E-state index contributed by atoms with van der Waals surface area (Å²) in [6.07, 6.45) is 4.68. The average Bonchev–Trinajstić information content (AvgIpc) is 2.61. The van der Waals surface area contributed by atoms with E-state index in [9.17, 15) is 4.79 Å². The fraction of sp³-hybridized carbons (Fsp3) is 0.421.